The molecule has 0 aliphatic heterocycles. The van der Waals surface area contributed by atoms with Gasteiger partial charge in [-0.2, -0.15) is 0 Å². The van der Waals surface area contributed by atoms with Crippen molar-refractivity contribution < 1.29 is 14.2 Å². The Bertz CT molecular complexity index is 635. The molecule has 0 saturated heterocycles. The van der Waals surface area contributed by atoms with Crippen molar-refractivity contribution in [2.45, 2.75) is 19.6 Å². The van der Waals surface area contributed by atoms with Crippen molar-refractivity contribution in [3.8, 4) is 5.75 Å². The minimum absolute atomic E-state index is 0.0961. The molecule has 0 aliphatic carbocycles. The quantitative estimate of drug-likeness (QED) is 0.535. The number of ether oxygens (including phenoxy) is 1. The third-order valence-electron chi connectivity index (χ3n) is 3.67. The molecule has 3 N–H and O–H groups in total. The van der Waals surface area contributed by atoms with E-state index in [0.717, 1.165) is 31.6 Å². The Labute approximate surface area is 153 Å². The van der Waals surface area contributed by atoms with E-state index in [1.807, 2.05) is 24.3 Å². The van der Waals surface area contributed by atoms with E-state index in [2.05, 4.69) is 10.6 Å². The topological polar surface area (TPSA) is 53.5 Å². The molecule has 0 spiro atoms. The average molecular weight is 367 g/mol. The first-order chi connectivity index (χ1) is 12.2. The minimum atomic E-state index is -0.361. The smallest absolute Gasteiger partial charge is 0.131 e. The van der Waals surface area contributed by atoms with E-state index < -0.39 is 0 Å². The highest BCUT2D eigenvalue weighted by Gasteiger charge is 2.07. The second-order valence-electron chi connectivity index (χ2n) is 5.64. The molecule has 0 unspecified atom stereocenters. The molecule has 2 aromatic carbocycles. The summed E-state index contributed by atoms with van der Waals surface area (Å²) in [6.45, 7) is 3.38. The van der Waals surface area contributed by atoms with Crippen molar-refractivity contribution in [2.24, 2.45) is 0 Å². The molecule has 0 amide bonds. The van der Waals surface area contributed by atoms with Crippen molar-refractivity contribution in [3.63, 3.8) is 0 Å². The molecule has 6 heteroatoms. The predicted octanol–water partition coefficient (Wildman–Crippen LogP) is 3.12. The molecule has 0 heterocycles. The van der Waals surface area contributed by atoms with Crippen LogP contribution < -0.4 is 15.4 Å². The maximum Gasteiger partial charge on any atom is 0.131 e. The van der Waals surface area contributed by atoms with Gasteiger partial charge in [0.1, 0.15) is 18.2 Å². The van der Waals surface area contributed by atoms with Gasteiger partial charge in [0.05, 0.1) is 11.6 Å². The van der Waals surface area contributed by atoms with Gasteiger partial charge in [0, 0.05) is 18.7 Å². The maximum atomic E-state index is 13.8. The summed E-state index contributed by atoms with van der Waals surface area (Å²) in [4.78, 5) is 0. The summed E-state index contributed by atoms with van der Waals surface area (Å²) in [6, 6.07) is 12.3. The van der Waals surface area contributed by atoms with E-state index in [1.54, 1.807) is 12.1 Å². The largest absolute Gasteiger partial charge is 0.489 e. The molecule has 4 nitrogen and oxygen atoms in total. The van der Waals surface area contributed by atoms with E-state index in [4.69, 9.17) is 21.4 Å². The summed E-state index contributed by atoms with van der Waals surface area (Å²) in [5, 5.41) is 15.5. The monoisotopic (exact) mass is 366 g/mol. The highest BCUT2D eigenvalue weighted by molar-refractivity contribution is 6.31. The highest BCUT2D eigenvalue weighted by Crippen LogP contribution is 2.22. The number of hydrogen-bond donors (Lipinski definition) is 3. The van der Waals surface area contributed by atoms with E-state index in [9.17, 15) is 4.39 Å². The van der Waals surface area contributed by atoms with Gasteiger partial charge in [0.15, 0.2) is 0 Å². The van der Waals surface area contributed by atoms with Crippen LogP contribution in [0, 0.1) is 5.82 Å². The predicted molar refractivity (Wildman–Crippen MR) is 98.5 cm³/mol. The van der Waals surface area contributed by atoms with Gasteiger partial charge in [-0.15, -0.1) is 0 Å². The number of nitrogens with one attached hydrogen (secondary N) is 2. The second kappa shape index (κ2) is 11.1. The first-order valence-corrected chi connectivity index (χ1v) is 8.75. The summed E-state index contributed by atoms with van der Waals surface area (Å²) >= 11 is 6.01. The van der Waals surface area contributed by atoms with Gasteiger partial charge in [-0.1, -0.05) is 29.8 Å². The van der Waals surface area contributed by atoms with Crippen molar-refractivity contribution in [1.29, 1.82) is 0 Å². The van der Waals surface area contributed by atoms with Crippen molar-refractivity contribution in [1.82, 2.24) is 10.6 Å². The lowest BCUT2D eigenvalue weighted by Gasteiger charge is -2.11. The third kappa shape index (κ3) is 7.00. The molecular formula is C19H24ClFN2O2. The molecule has 2 rings (SSSR count). The van der Waals surface area contributed by atoms with Gasteiger partial charge in [-0.3, -0.25) is 0 Å². The summed E-state index contributed by atoms with van der Waals surface area (Å²) in [7, 11) is 0. The number of aliphatic hydroxyl groups excluding tert-OH is 1. The number of rotatable bonds is 11. The van der Waals surface area contributed by atoms with Crippen LogP contribution in [0.3, 0.4) is 0 Å². The Hall–Kier alpha value is -1.66. The van der Waals surface area contributed by atoms with Gasteiger partial charge in [0.25, 0.3) is 0 Å². The standard InChI is InChI=1S/C19H24ClFN2O2/c20-18-6-2-7-19(21)17(18)14-25-16-5-1-4-15(12-16)13-23-9-3-8-22-10-11-24/h1-2,4-7,12,22-24H,3,8-11,13-14H2. The fourth-order valence-electron chi connectivity index (χ4n) is 2.35. The van der Waals surface area contributed by atoms with Crippen LogP contribution in [-0.4, -0.2) is 31.3 Å². The van der Waals surface area contributed by atoms with Crippen LogP contribution >= 0.6 is 11.6 Å². The van der Waals surface area contributed by atoms with Gasteiger partial charge in [-0.05, 0) is 49.3 Å². The molecule has 0 atom stereocenters. The molecule has 0 fully saturated rings. The Balaban J connectivity index is 1.77. The first-order valence-electron chi connectivity index (χ1n) is 8.37. The number of aliphatic hydroxyl groups is 1. The second-order valence-corrected chi connectivity index (χ2v) is 6.05. The van der Waals surface area contributed by atoms with Crippen LogP contribution in [0.15, 0.2) is 42.5 Å². The van der Waals surface area contributed by atoms with Gasteiger partial charge < -0.3 is 20.5 Å². The van der Waals surface area contributed by atoms with Crippen LogP contribution in [0.1, 0.15) is 17.5 Å². The van der Waals surface area contributed by atoms with E-state index >= 15 is 0 Å². The molecule has 0 bridgehead atoms. The van der Waals surface area contributed by atoms with Crippen LogP contribution in [0.2, 0.25) is 5.02 Å². The van der Waals surface area contributed by atoms with Gasteiger partial charge in [0.2, 0.25) is 0 Å². The molecule has 0 radical (unpaired) electrons. The van der Waals surface area contributed by atoms with E-state index in [-0.39, 0.29) is 19.0 Å². The lowest BCUT2D eigenvalue weighted by molar-refractivity contribution is 0.292. The van der Waals surface area contributed by atoms with Crippen LogP contribution in [0.5, 0.6) is 5.75 Å². The fraction of sp³-hybridized carbons (Fsp3) is 0.368. The lowest BCUT2D eigenvalue weighted by Crippen LogP contribution is -2.23. The van der Waals surface area contributed by atoms with Crippen LogP contribution in [-0.2, 0) is 13.2 Å². The summed E-state index contributed by atoms with van der Waals surface area (Å²) in [6.07, 6.45) is 0.988. The molecule has 25 heavy (non-hydrogen) atoms. The number of halogens is 2. The Kier molecular flexibility index (Phi) is 8.69. The molecule has 0 aromatic heterocycles. The Morgan fingerprint density at radius 1 is 1.04 bits per heavy atom. The number of benzene rings is 2. The lowest BCUT2D eigenvalue weighted by atomic mass is 10.2. The van der Waals surface area contributed by atoms with Gasteiger partial charge >= 0.3 is 0 Å². The van der Waals surface area contributed by atoms with Crippen molar-refractivity contribution in [3.05, 3.63) is 64.4 Å². The zero-order chi connectivity index (χ0) is 17.9. The SMILES string of the molecule is OCCNCCCNCc1cccc(OCc2c(F)cccc2Cl)c1. The summed E-state index contributed by atoms with van der Waals surface area (Å²) < 4.78 is 19.4. The maximum absolute atomic E-state index is 13.8. The molecule has 2 aromatic rings. The molecule has 0 saturated carbocycles. The zero-order valence-corrected chi connectivity index (χ0v) is 14.9. The zero-order valence-electron chi connectivity index (χ0n) is 14.1. The Morgan fingerprint density at radius 2 is 1.84 bits per heavy atom. The molecular weight excluding hydrogens is 343 g/mol. The van der Waals surface area contributed by atoms with Crippen LogP contribution in [0.4, 0.5) is 4.39 Å². The Morgan fingerprint density at radius 3 is 2.64 bits per heavy atom. The number of hydrogen-bond acceptors (Lipinski definition) is 4. The first kappa shape index (κ1) is 19.7. The van der Waals surface area contributed by atoms with Crippen molar-refractivity contribution in [2.75, 3.05) is 26.2 Å². The minimum Gasteiger partial charge on any atom is -0.489 e. The summed E-state index contributed by atoms with van der Waals surface area (Å²) in [5.41, 5.74) is 1.46. The van der Waals surface area contributed by atoms with E-state index in [1.165, 1.54) is 6.07 Å². The fourth-order valence-corrected chi connectivity index (χ4v) is 2.56. The van der Waals surface area contributed by atoms with Crippen molar-refractivity contribution >= 4 is 11.6 Å². The third-order valence-corrected chi connectivity index (χ3v) is 4.02. The molecule has 136 valence electrons. The average Bonchev–Trinajstić information content (AvgIpc) is 2.61. The van der Waals surface area contributed by atoms with Crippen LogP contribution in [0.25, 0.3) is 0 Å². The summed E-state index contributed by atoms with van der Waals surface area (Å²) in [5.74, 6) is 0.323. The van der Waals surface area contributed by atoms with Gasteiger partial charge in [-0.25, -0.2) is 4.39 Å². The normalized spacial score (nSPS) is 10.8. The molecule has 0 aliphatic rings. The van der Waals surface area contributed by atoms with E-state index in [0.29, 0.717) is 22.9 Å². The highest BCUT2D eigenvalue weighted by atomic mass is 35.5.